The lowest BCUT2D eigenvalue weighted by atomic mass is 10.1. The van der Waals surface area contributed by atoms with Gasteiger partial charge in [-0.05, 0) is 61.1 Å². The number of anilines is 1. The van der Waals surface area contributed by atoms with Gasteiger partial charge < -0.3 is 20.1 Å². The highest BCUT2D eigenvalue weighted by molar-refractivity contribution is 7.80. The Morgan fingerprint density at radius 2 is 1.75 bits per heavy atom. The van der Waals surface area contributed by atoms with Crippen molar-refractivity contribution in [1.29, 1.82) is 0 Å². The van der Waals surface area contributed by atoms with Crippen LogP contribution in [0.2, 0.25) is 0 Å². The van der Waals surface area contributed by atoms with Crippen LogP contribution in [0.3, 0.4) is 0 Å². The molecule has 2 aromatic rings. The molecule has 0 saturated carbocycles. The Hall–Kier alpha value is -2.53. The van der Waals surface area contributed by atoms with E-state index in [0.717, 1.165) is 22.7 Å². The molecule has 0 aliphatic heterocycles. The Kier molecular flexibility index (Phi) is 6.63. The van der Waals surface area contributed by atoms with Crippen LogP contribution in [0.1, 0.15) is 18.5 Å². The number of methoxy groups -OCH3 is 1. The second-order valence-corrected chi connectivity index (χ2v) is 5.63. The van der Waals surface area contributed by atoms with Crippen LogP contribution in [0.25, 0.3) is 0 Å². The summed E-state index contributed by atoms with van der Waals surface area (Å²) in [5, 5.41) is 7.00. The standard InChI is InChI=1S/C19H22N2O2S/c1-4-13-23-18-11-7-16(8-12-18)21-19(24)20-14(2)15-5-9-17(22-3)10-6-15/h4-12,14H,1,13H2,2-3H3,(H2,20,21,24)/t14-/m0/s1. The highest BCUT2D eigenvalue weighted by Gasteiger charge is 2.07. The van der Waals surface area contributed by atoms with E-state index >= 15 is 0 Å². The van der Waals surface area contributed by atoms with Crippen LogP contribution < -0.4 is 20.1 Å². The van der Waals surface area contributed by atoms with Gasteiger partial charge in [-0.1, -0.05) is 24.8 Å². The van der Waals surface area contributed by atoms with Crippen molar-refractivity contribution in [2.75, 3.05) is 19.0 Å². The largest absolute Gasteiger partial charge is 0.497 e. The van der Waals surface area contributed by atoms with E-state index < -0.39 is 0 Å². The fourth-order valence-corrected chi connectivity index (χ4v) is 2.42. The molecule has 0 spiro atoms. The predicted molar refractivity (Wildman–Crippen MR) is 103 cm³/mol. The molecule has 24 heavy (non-hydrogen) atoms. The Labute approximate surface area is 148 Å². The third-order valence-corrected chi connectivity index (χ3v) is 3.66. The molecule has 4 nitrogen and oxygen atoms in total. The predicted octanol–water partition coefficient (Wildman–Crippen LogP) is 4.31. The molecule has 0 bridgehead atoms. The van der Waals surface area contributed by atoms with Crippen molar-refractivity contribution in [3.8, 4) is 11.5 Å². The summed E-state index contributed by atoms with van der Waals surface area (Å²) in [5.74, 6) is 1.64. The van der Waals surface area contributed by atoms with Crippen molar-refractivity contribution in [1.82, 2.24) is 5.32 Å². The fourth-order valence-electron chi connectivity index (χ4n) is 2.13. The molecule has 0 radical (unpaired) electrons. The molecular formula is C19H22N2O2S. The molecule has 0 unspecified atom stereocenters. The second-order valence-electron chi connectivity index (χ2n) is 5.22. The number of nitrogens with one attached hydrogen (secondary N) is 2. The molecule has 0 saturated heterocycles. The maximum Gasteiger partial charge on any atom is 0.171 e. The lowest BCUT2D eigenvalue weighted by Crippen LogP contribution is -2.30. The molecule has 126 valence electrons. The summed E-state index contributed by atoms with van der Waals surface area (Å²) < 4.78 is 10.6. The smallest absolute Gasteiger partial charge is 0.171 e. The topological polar surface area (TPSA) is 42.5 Å². The normalized spacial score (nSPS) is 11.2. The molecular weight excluding hydrogens is 320 g/mol. The second kappa shape index (κ2) is 8.93. The summed E-state index contributed by atoms with van der Waals surface area (Å²) in [4.78, 5) is 0. The quantitative estimate of drug-likeness (QED) is 0.580. The van der Waals surface area contributed by atoms with Crippen molar-refractivity contribution >= 4 is 23.0 Å². The highest BCUT2D eigenvalue weighted by Crippen LogP contribution is 2.18. The minimum absolute atomic E-state index is 0.0890. The summed E-state index contributed by atoms with van der Waals surface area (Å²) in [7, 11) is 1.66. The maximum atomic E-state index is 5.45. The number of rotatable bonds is 7. The molecule has 5 heteroatoms. The average molecular weight is 342 g/mol. The van der Waals surface area contributed by atoms with Crippen LogP contribution in [0.15, 0.2) is 61.2 Å². The molecule has 0 aliphatic carbocycles. The van der Waals surface area contributed by atoms with Crippen LogP contribution in [-0.2, 0) is 0 Å². The summed E-state index contributed by atoms with van der Waals surface area (Å²) >= 11 is 5.37. The zero-order valence-electron chi connectivity index (χ0n) is 13.9. The van der Waals surface area contributed by atoms with Gasteiger partial charge in [-0.3, -0.25) is 0 Å². The van der Waals surface area contributed by atoms with Crippen molar-refractivity contribution in [3.63, 3.8) is 0 Å². The fraction of sp³-hybridized carbons (Fsp3) is 0.211. The maximum absolute atomic E-state index is 5.45. The molecule has 0 fully saturated rings. The number of ether oxygens (including phenoxy) is 2. The summed E-state index contributed by atoms with van der Waals surface area (Å²) in [6.45, 7) is 6.17. The van der Waals surface area contributed by atoms with Gasteiger partial charge >= 0.3 is 0 Å². The van der Waals surface area contributed by atoms with E-state index in [9.17, 15) is 0 Å². The SMILES string of the molecule is C=CCOc1ccc(NC(=S)N[C@@H](C)c2ccc(OC)cc2)cc1. The molecule has 1 atom stereocenters. The van der Waals surface area contributed by atoms with Crippen LogP contribution in [0, 0.1) is 0 Å². The molecule has 0 amide bonds. The van der Waals surface area contributed by atoms with Gasteiger partial charge in [0.25, 0.3) is 0 Å². The van der Waals surface area contributed by atoms with Gasteiger partial charge in [-0.2, -0.15) is 0 Å². The van der Waals surface area contributed by atoms with Gasteiger partial charge in [-0.15, -0.1) is 0 Å². The third kappa shape index (κ3) is 5.28. The van der Waals surface area contributed by atoms with E-state index in [-0.39, 0.29) is 6.04 Å². The summed E-state index contributed by atoms with van der Waals surface area (Å²) in [5.41, 5.74) is 2.04. The van der Waals surface area contributed by atoms with E-state index in [0.29, 0.717) is 11.7 Å². The summed E-state index contributed by atoms with van der Waals surface area (Å²) in [6.07, 6.45) is 1.71. The van der Waals surface area contributed by atoms with Gasteiger partial charge in [-0.25, -0.2) is 0 Å². The lowest BCUT2D eigenvalue weighted by Gasteiger charge is -2.18. The first kappa shape index (κ1) is 17.8. The van der Waals surface area contributed by atoms with Gasteiger partial charge in [0, 0.05) is 5.69 Å². The molecule has 0 aromatic heterocycles. The Bertz CT molecular complexity index is 669. The van der Waals surface area contributed by atoms with Crippen molar-refractivity contribution < 1.29 is 9.47 Å². The molecule has 0 heterocycles. The molecule has 2 N–H and O–H groups in total. The Balaban J connectivity index is 1.88. The number of benzene rings is 2. The van der Waals surface area contributed by atoms with Crippen LogP contribution >= 0.6 is 12.2 Å². The Morgan fingerprint density at radius 3 is 2.33 bits per heavy atom. The molecule has 2 rings (SSSR count). The van der Waals surface area contributed by atoms with E-state index in [4.69, 9.17) is 21.7 Å². The first-order valence-electron chi connectivity index (χ1n) is 7.67. The number of thiocarbonyl (C=S) groups is 1. The van der Waals surface area contributed by atoms with E-state index in [2.05, 4.69) is 24.1 Å². The minimum atomic E-state index is 0.0890. The van der Waals surface area contributed by atoms with Crippen LogP contribution in [0.5, 0.6) is 11.5 Å². The Morgan fingerprint density at radius 1 is 1.12 bits per heavy atom. The van der Waals surface area contributed by atoms with Crippen molar-refractivity contribution in [2.24, 2.45) is 0 Å². The van der Waals surface area contributed by atoms with Crippen LogP contribution in [0.4, 0.5) is 5.69 Å². The average Bonchev–Trinajstić information content (AvgIpc) is 2.61. The van der Waals surface area contributed by atoms with Crippen molar-refractivity contribution in [3.05, 3.63) is 66.7 Å². The van der Waals surface area contributed by atoms with Crippen molar-refractivity contribution in [2.45, 2.75) is 13.0 Å². The highest BCUT2D eigenvalue weighted by atomic mass is 32.1. The van der Waals surface area contributed by atoms with Gasteiger partial charge in [0.1, 0.15) is 18.1 Å². The minimum Gasteiger partial charge on any atom is -0.497 e. The molecule has 0 aliphatic rings. The van der Waals surface area contributed by atoms with Crippen LogP contribution in [-0.4, -0.2) is 18.8 Å². The van der Waals surface area contributed by atoms with Gasteiger partial charge in [0.2, 0.25) is 0 Å². The monoisotopic (exact) mass is 342 g/mol. The third-order valence-electron chi connectivity index (χ3n) is 3.44. The zero-order valence-corrected chi connectivity index (χ0v) is 14.7. The van der Waals surface area contributed by atoms with E-state index in [1.54, 1.807) is 13.2 Å². The first-order chi connectivity index (χ1) is 11.6. The number of hydrogen-bond donors (Lipinski definition) is 2. The van der Waals surface area contributed by atoms with Gasteiger partial charge in [0.05, 0.1) is 13.2 Å². The van der Waals surface area contributed by atoms with E-state index in [1.165, 1.54) is 0 Å². The van der Waals surface area contributed by atoms with Gasteiger partial charge in [0.15, 0.2) is 5.11 Å². The zero-order chi connectivity index (χ0) is 17.4. The lowest BCUT2D eigenvalue weighted by molar-refractivity contribution is 0.363. The number of hydrogen-bond acceptors (Lipinski definition) is 3. The van der Waals surface area contributed by atoms with E-state index in [1.807, 2.05) is 48.5 Å². The molecule has 2 aromatic carbocycles. The summed E-state index contributed by atoms with van der Waals surface area (Å²) in [6, 6.07) is 15.6. The first-order valence-corrected chi connectivity index (χ1v) is 8.08.